The van der Waals surface area contributed by atoms with E-state index in [1.54, 1.807) is 19.1 Å². The number of aliphatic hydroxyl groups is 1. The van der Waals surface area contributed by atoms with Gasteiger partial charge >= 0.3 is 0 Å². The standard InChI is InChI=1S/C16H15FO2/c1-11(16(19)10-18)13-7-8-14(15(17)9-13)12-5-3-2-4-6-12/h2-9,11,18H,10H2,1H3. The predicted octanol–water partition coefficient (Wildman–Crippen LogP) is 3.16. The first-order valence-electron chi connectivity index (χ1n) is 6.12. The van der Waals surface area contributed by atoms with Crippen LogP contribution in [-0.4, -0.2) is 17.5 Å². The minimum atomic E-state index is -0.525. The first-order chi connectivity index (χ1) is 9.13. The SMILES string of the molecule is CC(C(=O)CO)c1ccc(-c2ccccc2)c(F)c1. The molecule has 98 valence electrons. The highest BCUT2D eigenvalue weighted by molar-refractivity contribution is 5.86. The molecule has 0 spiro atoms. The van der Waals surface area contributed by atoms with Crippen molar-refractivity contribution in [1.29, 1.82) is 0 Å². The molecule has 2 nitrogen and oxygen atoms in total. The molecule has 0 aliphatic carbocycles. The molecule has 0 saturated carbocycles. The Morgan fingerprint density at radius 3 is 2.47 bits per heavy atom. The molecule has 0 bridgehead atoms. The second kappa shape index (κ2) is 5.76. The maximum Gasteiger partial charge on any atom is 0.165 e. The Balaban J connectivity index is 2.35. The Bertz CT molecular complexity index is 579. The summed E-state index contributed by atoms with van der Waals surface area (Å²) in [4.78, 5) is 11.4. The summed E-state index contributed by atoms with van der Waals surface area (Å²) in [5.41, 5.74) is 1.89. The largest absolute Gasteiger partial charge is 0.389 e. The molecule has 0 radical (unpaired) electrons. The summed E-state index contributed by atoms with van der Waals surface area (Å²) >= 11 is 0. The van der Waals surface area contributed by atoms with Crippen molar-refractivity contribution < 1.29 is 14.3 Å². The molecule has 2 aromatic carbocycles. The minimum Gasteiger partial charge on any atom is -0.389 e. The van der Waals surface area contributed by atoms with Gasteiger partial charge < -0.3 is 5.11 Å². The molecule has 19 heavy (non-hydrogen) atoms. The summed E-state index contributed by atoms with van der Waals surface area (Å²) in [6, 6.07) is 14.0. The van der Waals surface area contributed by atoms with Crippen molar-refractivity contribution in [3.63, 3.8) is 0 Å². The van der Waals surface area contributed by atoms with Crippen LogP contribution in [0.4, 0.5) is 4.39 Å². The van der Waals surface area contributed by atoms with Gasteiger partial charge in [-0.1, -0.05) is 49.4 Å². The van der Waals surface area contributed by atoms with Gasteiger partial charge in [0.2, 0.25) is 0 Å². The molecule has 2 rings (SSSR count). The molecule has 0 heterocycles. The number of halogens is 1. The van der Waals surface area contributed by atoms with E-state index in [1.165, 1.54) is 6.07 Å². The first-order valence-corrected chi connectivity index (χ1v) is 6.12. The molecule has 0 amide bonds. The molecule has 1 unspecified atom stereocenters. The summed E-state index contributed by atoms with van der Waals surface area (Å²) in [7, 11) is 0. The highest BCUT2D eigenvalue weighted by Gasteiger charge is 2.16. The van der Waals surface area contributed by atoms with Crippen LogP contribution in [0.15, 0.2) is 48.5 Å². The first kappa shape index (κ1) is 13.4. The maximum absolute atomic E-state index is 14.1. The highest BCUT2D eigenvalue weighted by Crippen LogP contribution is 2.26. The predicted molar refractivity (Wildman–Crippen MR) is 72.3 cm³/mol. The van der Waals surface area contributed by atoms with Gasteiger partial charge in [0.25, 0.3) is 0 Å². The molecule has 0 fully saturated rings. The number of aliphatic hydroxyl groups excluding tert-OH is 1. The molecule has 3 heteroatoms. The maximum atomic E-state index is 14.1. The van der Waals surface area contributed by atoms with Crippen molar-refractivity contribution in [2.75, 3.05) is 6.61 Å². The highest BCUT2D eigenvalue weighted by atomic mass is 19.1. The van der Waals surface area contributed by atoms with Crippen molar-refractivity contribution in [3.8, 4) is 11.1 Å². The molecular formula is C16H15FO2. The summed E-state index contributed by atoms with van der Waals surface area (Å²) in [5.74, 6) is -1.17. The van der Waals surface area contributed by atoms with Crippen molar-refractivity contribution >= 4 is 5.78 Å². The minimum absolute atomic E-state index is 0.313. The van der Waals surface area contributed by atoms with E-state index in [1.807, 2.05) is 30.3 Å². The zero-order valence-electron chi connectivity index (χ0n) is 10.6. The van der Waals surface area contributed by atoms with Gasteiger partial charge in [-0.3, -0.25) is 4.79 Å². The lowest BCUT2D eigenvalue weighted by atomic mass is 9.94. The molecule has 2 aromatic rings. The number of carbonyl (C=O) groups excluding carboxylic acids is 1. The lowest BCUT2D eigenvalue weighted by molar-refractivity contribution is -0.122. The smallest absolute Gasteiger partial charge is 0.165 e. The number of hydrogen-bond donors (Lipinski definition) is 1. The van der Waals surface area contributed by atoms with Crippen LogP contribution in [0.3, 0.4) is 0 Å². The van der Waals surface area contributed by atoms with Gasteiger partial charge in [-0.05, 0) is 17.2 Å². The zero-order valence-corrected chi connectivity index (χ0v) is 10.6. The molecular weight excluding hydrogens is 243 g/mol. The Hall–Kier alpha value is -2.00. The number of ketones is 1. The lowest BCUT2D eigenvalue weighted by Gasteiger charge is -2.11. The van der Waals surface area contributed by atoms with Crippen molar-refractivity contribution in [2.24, 2.45) is 0 Å². The van der Waals surface area contributed by atoms with Gasteiger partial charge in [0, 0.05) is 11.5 Å². The Labute approximate surface area is 111 Å². The summed E-state index contributed by atoms with van der Waals surface area (Å²) < 4.78 is 14.1. The van der Waals surface area contributed by atoms with Gasteiger partial charge in [-0.25, -0.2) is 4.39 Å². The van der Waals surface area contributed by atoms with Crippen molar-refractivity contribution in [1.82, 2.24) is 0 Å². The second-order valence-electron chi connectivity index (χ2n) is 4.45. The van der Waals surface area contributed by atoms with Crippen LogP contribution in [0.1, 0.15) is 18.4 Å². The molecule has 1 atom stereocenters. The van der Waals surface area contributed by atoms with Gasteiger partial charge in [-0.2, -0.15) is 0 Å². The number of hydrogen-bond acceptors (Lipinski definition) is 2. The van der Waals surface area contributed by atoms with E-state index in [2.05, 4.69) is 0 Å². The fraction of sp³-hybridized carbons (Fsp3) is 0.188. The van der Waals surface area contributed by atoms with Crippen molar-refractivity contribution in [2.45, 2.75) is 12.8 Å². The van der Waals surface area contributed by atoms with E-state index in [0.29, 0.717) is 11.1 Å². The van der Waals surface area contributed by atoms with Gasteiger partial charge in [-0.15, -0.1) is 0 Å². The molecule has 0 aromatic heterocycles. The van der Waals surface area contributed by atoms with Crippen LogP contribution in [-0.2, 0) is 4.79 Å². The van der Waals surface area contributed by atoms with Gasteiger partial charge in [0.1, 0.15) is 12.4 Å². The molecule has 0 saturated heterocycles. The number of benzene rings is 2. The van der Waals surface area contributed by atoms with E-state index in [0.717, 1.165) is 5.56 Å². The van der Waals surface area contributed by atoms with Crippen molar-refractivity contribution in [3.05, 3.63) is 59.9 Å². The van der Waals surface area contributed by atoms with Gasteiger partial charge in [0.05, 0.1) is 0 Å². The molecule has 0 aliphatic heterocycles. The number of rotatable bonds is 4. The van der Waals surface area contributed by atoms with E-state index >= 15 is 0 Å². The van der Waals surface area contributed by atoms with Crippen LogP contribution in [0.25, 0.3) is 11.1 Å². The van der Waals surface area contributed by atoms with E-state index in [-0.39, 0.29) is 11.6 Å². The van der Waals surface area contributed by atoms with E-state index in [9.17, 15) is 9.18 Å². The monoisotopic (exact) mass is 258 g/mol. The zero-order chi connectivity index (χ0) is 13.8. The van der Waals surface area contributed by atoms with E-state index in [4.69, 9.17) is 5.11 Å². The van der Waals surface area contributed by atoms with Crippen LogP contribution in [0, 0.1) is 5.82 Å². The number of carbonyl (C=O) groups is 1. The summed E-state index contributed by atoms with van der Waals surface area (Å²) in [6.45, 7) is 1.14. The number of Topliss-reactive ketones (excluding diaryl/α,β-unsaturated/α-hetero) is 1. The summed E-state index contributed by atoms with van der Waals surface area (Å²) in [5, 5.41) is 8.83. The Kier molecular flexibility index (Phi) is 4.07. The third-order valence-corrected chi connectivity index (χ3v) is 3.22. The molecule has 0 aliphatic rings. The Morgan fingerprint density at radius 2 is 1.89 bits per heavy atom. The van der Waals surface area contributed by atoms with Crippen LogP contribution in [0.2, 0.25) is 0 Å². The average Bonchev–Trinajstić information content (AvgIpc) is 2.46. The van der Waals surface area contributed by atoms with E-state index < -0.39 is 12.5 Å². The topological polar surface area (TPSA) is 37.3 Å². The quantitative estimate of drug-likeness (QED) is 0.914. The third-order valence-electron chi connectivity index (χ3n) is 3.22. The average molecular weight is 258 g/mol. The van der Waals surface area contributed by atoms with Crippen LogP contribution >= 0.6 is 0 Å². The normalized spacial score (nSPS) is 12.2. The lowest BCUT2D eigenvalue weighted by Crippen LogP contribution is -2.13. The fourth-order valence-corrected chi connectivity index (χ4v) is 1.98. The summed E-state index contributed by atoms with van der Waals surface area (Å²) in [6.07, 6.45) is 0. The second-order valence-corrected chi connectivity index (χ2v) is 4.45. The Morgan fingerprint density at radius 1 is 1.21 bits per heavy atom. The van der Waals surface area contributed by atoms with Crippen LogP contribution in [0.5, 0.6) is 0 Å². The third kappa shape index (κ3) is 2.88. The molecule has 1 N–H and O–H groups in total. The van der Waals surface area contributed by atoms with Gasteiger partial charge in [0.15, 0.2) is 5.78 Å². The van der Waals surface area contributed by atoms with Crippen LogP contribution < -0.4 is 0 Å². The fourth-order valence-electron chi connectivity index (χ4n) is 1.98.